The van der Waals surface area contributed by atoms with Gasteiger partial charge in [0.25, 0.3) is 0 Å². The van der Waals surface area contributed by atoms with Crippen molar-refractivity contribution in [1.82, 2.24) is 0 Å². The summed E-state index contributed by atoms with van der Waals surface area (Å²) >= 11 is 9.23. The van der Waals surface area contributed by atoms with Crippen LogP contribution in [0.3, 0.4) is 0 Å². The van der Waals surface area contributed by atoms with E-state index >= 15 is 0 Å². The molecule has 0 aromatic carbocycles. The normalized spacial score (nSPS) is 18.2. The van der Waals surface area contributed by atoms with Gasteiger partial charge in [0.2, 0.25) is 0 Å². The van der Waals surface area contributed by atoms with Gasteiger partial charge in [-0.25, -0.2) is 0 Å². The first-order valence-corrected chi connectivity index (χ1v) is 6.49. The van der Waals surface area contributed by atoms with Crippen LogP contribution in [0.2, 0.25) is 0 Å². The molecule has 0 fully saturated rings. The highest BCUT2D eigenvalue weighted by Gasteiger charge is 2.22. The number of hydrogen-bond donors (Lipinski definition) is 0. The molecule has 3 heteroatoms. The van der Waals surface area contributed by atoms with Crippen molar-refractivity contribution in [3.63, 3.8) is 0 Å². The zero-order valence-corrected chi connectivity index (χ0v) is 11.1. The van der Waals surface area contributed by atoms with Gasteiger partial charge in [0.1, 0.15) is 0 Å². The van der Waals surface area contributed by atoms with E-state index in [1.807, 2.05) is 6.92 Å². The van der Waals surface area contributed by atoms with Gasteiger partial charge in [0.05, 0.1) is 11.5 Å². The fraction of sp³-hybridized carbons (Fsp3) is 1.00. The van der Waals surface area contributed by atoms with E-state index in [0.717, 1.165) is 11.9 Å². The molecule has 0 aliphatic carbocycles. The van der Waals surface area contributed by atoms with Crippen molar-refractivity contribution in [2.45, 2.75) is 39.2 Å². The molecule has 0 aliphatic heterocycles. The Bertz CT molecular complexity index is 126. The summed E-state index contributed by atoms with van der Waals surface area (Å²) < 4.78 is 5.76. The minimum Gasteiger partial charge on any atom is -0.373 e. The Hall–Kier alpha value is 0.730. The molecule has 0 saturated carbocycles. The van der Waals surface area contributed by atoms with Crippen LogP contribution in [0, 0.1) is 5.92 Å². The third-order valence-electron chi connectivity index (χ3n) is 2.06. The summed E-state index contributed by atoms with van der Waals surface area (Å²) in [5, 5.41) is 0.794. The highest BCUT2D eigenvalue weighted by molar-refractivity contribution is 9.09. The molecule has 0 aliphatic rings. The largest absolute Gasteiger partial charge is 0.373 e. The third-order valence-corrected chi connectivity index (χ3v) is 3.81. The van der Waals surface area contributed by atoms with E-state index in [2.05, 4.69) is 29.8 Å². The maximum Gasteiger partial charge on any atom is 0.0885 e. The predicted octanol–water partition coefficient (Wildman–Crippen LogP) is 3.83. The van der Waals surface area contributed by atoms with Gasteiger partial charge in [-0.3, -0.25) is 0 Å². The summed E-state index contributed by atoms with van der Waals surface area (Å²) in [5.41, 5.74) is -0.205. The minimum atomic E-state index is -0.205. The Balaban J connectivity index is 3.71. The zero-order chi connectivity index (χ0) is 10.3. The van der Waals surface area contributed by atoms with Gasteiger partial charge in [-0.05, 0) is 19.3 Å². The van der Waals surface area contributed by atoms with Crippen molar-refractivity contribution in [1.29, 1.82) is 0 Å². The highest BCUT2D eigenvalue weighted by atomic mass is 79.9. The van der Waals surface area contributed by atoms with Crippen molar-refractivity contribution < 1.29 is 4.74 Å². The van der Waals surface area contributed by atoms with Gasteiger partial charge in [-0.1, -0.05) is 36.2 Å². The lowest BCUT2D eigenvalue weighted by Gasteiger charge is -2.27. The van der Waals surface area contributed by atoms with Crippen LogP contribution >= 0.6 is 27.5 Å². The summed E-state index contributed by atoms with van der Waals surface area (Å²) in [4.78, 5) is 0. The predicted molar refractivity (Wildman–Crippen MR) is 62.9 cm³/mol. The number of halogens is 2. The summed E-state index contributed by atoms with van der Waals surface area (Å²) in [7, 11) is 0. The maximum atomic E-state index is 5.81. The molecule has 1 nitrogen and oxygen atoms in total. The van der Waals surface area contributed by atoms with Gasteiger partial charge in [-0.15, -0.1) is 11.6 Å². The summed E-state index contributed by atoms with van der Waals surface area (Å²) in [5.74, 6) is 1.17. The number of ether oxygens (including phenoxy) is 1. The van der Waals surface area contributed by atoms with Gasteiger partial charge in [0, 0.05) is 11.9 Å². The van der Waals surface area contributed by atoms with Crippen LogP contribution < -0.4 is 0 Å². The molecule has 0 radical (unpaired) electrons. The van der Waals surface area contributed by atoms with Crippen LogP contribution in [0.4, 0.5) is 0 Å². The number of hydrogen-bond acceptors (Lipinski definition) is 1. The Morgan fingerprint density at radius 1 is 1.54 bits per heavy atom. The second-order valence-corrected chi connectivity index (χ2v) is 4.75. The monoisotopic (exact) mass is 270 g/mol. The van der Waals surface area contributed by atoms with Gasteiger partial charge in [-0.2, -0.15) is 0 Å². The molecule has 0 heterocycles. The Morgan fingerprint density at radius 2 is 2.15 bits per heavy atom. The summed E-state index contributed by atoms with van der Waals surface area (Å²) in [6, 6.07) is 0. The topological polar surface area (TPSA) is 9.23 Å². The lowest BCUT2D eigenvalue weighted by molar-refractivity contribution is -0.0139. The van der Waals surface area contributed by atoms with Crippen molar-refractivity contribution in [2.24, 2.45) is 5.92 Å². The van der Waals surface area contributed by atoms with E-state index in [-0.39, 0.29) is 5.60 Å². The van der Waals surface area contributed by atoms with Crippen molar-refractivity contribution in [3.8, 4) is 0 Å². The molecule has 2 unspecified atom stereocenters. The first-order valence-electron chi connectivity index (χ1n) is 4.84. The average molecular weight is 272 g/mol. The second-order valence-electron chi connectivity index (χ2n) is 3.92. The van der Waals surface area contributed by atoms with E-state index in [0.29, 0.717) is 11.8 Å². The van der Waals surface area contributed by atoms with E-state index in [9.17, 15) is 0 Å². The molecule has 0 bridgehead atoms. The molecular weight excluding hydrogens is 251 g/mol. The van der Waals surface area contributed by atoms with Gasteiger partial charge < -0.3 is 4.74 Å². The van der Waals surface area contributed by atoms with Crippen molar-refractivity contribution in [2.75, 3.05) is 17.8 Å². The molecule has 0 rings (SSSR count). The van der Waals surface area contributed by atoms with Crippen molar-refractivity contribution >= 4 is 27.5 Å². The SMILES string of the molecule is CCCC(C)COC(C)(CCl)CBr. The molecule has 0 spiro atoms. The second kappa shape index (κ2) is 7.08. The standard InChI is InChI=1S/C10H20BrClO/c1-4-5-9(2)6-13-10(3,7-11)8-12/h9H,4-8H2,1-3H3. The summed E-state index contributed by atoms with van der Waals surface area (Å²) in [6.07, 6.45) is 2.44. The Labute approximate surface area is 95.3 Å². The zero-order valence-electron chi connectivity index (χ0n) is 8.78. The quantitative estimate of drug-likeness (QED) is 0.640. The molecule has 0 N–H and O–H groups in total. The summed E-state index contributed by atoms with van der Waals surface area (Å²) in [6.45, 7) is 7.25. The number of alkyl halides is 2. The van der Waals surface area contributed by atoms with Gasteiger partial charge in [0.15, 0.2) is 0 Å². The fourth-order valence-corrected chi connectivity index (χ4v) is 1.79. The molecule has 80 valence electrons. The molecule has 13 heavy (non-hydrogen) atoms. The van der Waals surface area contributed by atoms with E-state index in [1.54, 1.807) is 0 Å². The smallest absolute Gasteiger partial charge is 0.0885 e. The van der Waals surface area contributed by atoms with Crippen LogP contribution in [0.5, 0.6) is 0 Å². The molecule has 0 saturated heterocycles. The minimum absolute atomic E-state index is 0.205. The molecule has 0 aromatic rings. The first kappa shape index (κ1) is 13.7. The third kappa shape index (κ3) is 5.92. The average Bonchev–Trinajstić information content (AvgIpc) is 2.15. The van der Waals surface area contributed by atoms with E-state index in [4.69, 9.17) is 16.3 Å². The lowest BCUT2D eigenvalue weighted by atomic mass is 10.1. The van der Waals surface area contributed by atoms with E-state index < -0.39 is 0 Å². The Morgan fingerprint density at radius 3 is 2.54 bits per heavy atom. The molecule has 0 aromatic heterocycles. The highest BCUT2D eigenvalue weighted by Crippen LogP contribution is 2.18. The van der Waals surface area contributed by atoms with Gasteiger partial charge >= 0.3 is 0 Å². The lowest BCUT2D eigenvalue weighted by Crippen LogP contribution is -2.34. The fourth-order valence-electron chi connectivity index (χ4n) is 1.03. The van der Waals surface area contributed by atoms with Crippen LogP contribution in [0.25, 0.3) is 0 Å². The van der Waals surface area contributed by atoms with Crippen molar-refractivity contribution in [3.05, 3.63) is 0 Å². The Kier molecular flexibility index (Phi) is 7.48. The van der Waals surface area contributed by atoms with Crippen LogP contribution in [0.1, 0.15) is 33.6 Å². The molecular formula is C10H20BrClO. The first-order chi connectivity index (χ1) is 6.08. The molecule has 2 atom stereocenters. The van der Waals surface area contributed by atoms with Crippen LogP contribution in [-0.2, 0) is 4.74 Å². The van der Waals surface area contributed by atoms with E-state index in [1.165, 1.54) is 12.8 Å². The maximum absolute atomic E-state index is 5.81. The number of rotatable bonds is 7. The van der Waals surface area contributed by atoms with Crippen LogP contribution in [0.15, 0.2) is 0 Å². The molecule has 0 amide bonds. The van der Waals surface area contributed by atoms with Crippen LogP contribution in [-0.4, -0.2) is 23.4 Å².